The van der Waals surface area contributed by atoms with E-state index in [0.29, 0.717) is 5.54 Å². The normalized spacial score (nSPS) is 23.2. The lowest BCUT2D eigenvalue weighted by atomic mass is 9.92. The van der Waals surface area contributed by atoms with Gasteiger partial charge in [0.15, 0.2) is 0 Å². The molecule has 1 saturated carbocycles. The van der Waals surface area contributed by atoms with E-state index in [0.717, 1.165) is 13.1 Å². The highest BCUT2D eigenvalue weighted by atomic mass is 15.3. The van der Waals surface area contributed by atoms with Crippen molar-refractivity contribution in [3.8, 4) is 0 Å². The maximum atomic E-state index is 3.59. The first kappa shape index (κ1) is 11.1. The zero-order valence-electron chi connectivity index (χ0n) is 10.7. The van der Waals surface area contributed by atoms with Crippen LogP contribution in [0.25, 0.3) is 0 Å². The molecule has 92 valence electrons. The van der Waals surface area contributed by atoms with Crippen LogP contribution in [0.5, 0.6) is 0 Å². The van der Waals surface area contributed by atoms with Crippen LogP contribution in [0.3, 0.4) is 0 Å². The lowest BCUT2D eigenvalue weighted by Gasteiger charge is -2.47. The van der Waals surface area contributed by atoms with E-state index in [1.807, 2.05) is 0 Å². The third kappa shape index (κ3) is 1.95. The molecule has 2 nitrogen and oxygen atoms in total. The first-order chi connectivity index (χ1) is 8.30. The van der Waals surface area contributed by atoms with Crippen molar-refractivity contribution in [2.45, 2.75) is 38.1 Å². The predicted molar refractivity (Wildman–Crippen MR) is 72.6 cm³/mol. The van der Waals surface area contributed by atoms with Crippen molar-refractivity contribution < 1.29 is 0 Å². The van der Waals surface area contributed by atoms with Crippen molar-refractivity contribution >= 4 is 5.69 Å². The van der Waals surface area contributed by atoms with E-state index >= 15 is 0 Å². The lowest BCUT2D eigenvalue weighted by Crippen LogP contribution is -2.60. The first-order valence-corrected chi connectivity index (χ1v) is 6.85. The van der Waals surface area contributed by atoms with Gasteiger partial charge in [-0.15, -0.1) is 0 Å². The van der Waals surface area contributed by atoms with Crippen molar-refractivity contribution in [3.05, 3.63) is 29.8 Å². The van der Waals surface area contributed by atoms with Gasteiger partial charge in [0.2, 0.25) is 0 Å². The molecule has 2 aliphatic rings. The Balaban J connectivity index is 1.91. The molecule has 0 atom stereocenters. The minimum absolute atomic E-state index is 0.410. The van der Waals surface area contributed by atoms with Gasteiger partial charge in [0.05, 0.1) is 5.54 Å². The monoisotopic (exact) mass is 230 g/mol. The number of benzene rings is 1. The van der Waals surface area contributed by atoms with E-state index in [-0.39, 0.29) is 0 Å². The molecule has 2 fully saturated rings. The Morgan fingerprint density at radius 1 is 1.12 bits per heavy atom. The number of nitrogens with one attached hydrogen (secondary N) is 1. The Bertz CT molecular complexity index is 376. The molecule has 0 bridgehead atoms. The molecule has 1 spiro atoms. The number of piperazine rings is 1. The summed E-state index contributed by atoms with van der Waals surface area (Å²) in [5, 5.41) is 3.59. The van der Waals surface area contributed by atoms with Crippen LogP contribution in [0.2, 0.25) is 0 Å². The summed E-state index contributed by atoms with van der Waals surface area (Å²) in [6.07, 6.45) is 5.50. The van der Waals surface area contributed by atoms with Crippen LogP contribution in [-0.4, -0.2) is 25.2 Å². The Kier molecular flexibility index (Phi) is 2.83. The largest absolute Gasteiger partial charge is 0.363 e. The molecule has 1 aromatic carbocycles. The molecular weight excluding hydrogens is 208 g/mol. The van der Waals surface area contributed by atoms with E-state index < -0.39 is 0 Å². The van der Waals surface area contributed by atoms with E-state index in [4.69, 9.17) is 0 Å². The van der Waals surface area contributed by atoms with Crippen molar-refractivity contribution in [1.82, 2.24) is 5.32 Å². The highest BCUT2D eigenvalue weighted by molar-refractivity contribution is 5.51. The number of nitrogens with zero attached hydrogens (tertiary/aromatic N) is 1. The average molecular weight is 230 g/mol. The Hall–Kier alpha value is -1.02. The molecule has 1 saturated heterocycles. The van der Waals surface area contributed by atoms with Gasteiger partial charge >= 0.3 is 0 Å². The molecular formula is C15H22N2. The summed E-state index contributed by atoms with van der Waals surface area (Å²) in [6, 6.07) is 9.06. The van der Waals surface area contributed by atoms with Gasteiger partial charge in [-0.05, 0) is 31.9 Å². The predicted octanol–water partition coefficient (Wildman–Crippen LogP) is 2.72. The maximum absolute atomic E-state index is 3.59. The SMILES string of the molecule is Cc1ccc(N2CCNCC23CCCC3)cc1. The molecule has 0 aromatic heterocycles. The van der Waals surface area contributed by atoms with Crippen molar-refractivity contribution in [2.75, 3.05) is 24.5 Å². The third-order valence-electron chi connectivity index (χ3n) is 4.42. The summed E-state index contributed by atoms with van der Waals surface area (Å²) in [4.78, 5) is 2.66. The molecule has 1 aliphatic carbocycles. The second-order valence-corrected chi connectivity index (χ2v) is 5.60. The molecule has 0 radical (unpaired) electrons. The standard InChI is InChI=1S/C15H22N2/c1-13-4-6-14(7-5-13)17-11-10-16-12-15(17)8-2-3-9-15/h4-7,16H,2-3,8-12H2,1H3. The Morgan fingerprint density at radius 3 is 2.53 bits per heavy atom. The fourth-order valence-electron chi connectivity index (χ4n) is 3.45. The van der Waals surface area contributed by atoms with E-state index in [9.17, 15) is 0 Å². The number of hydrogen-bond donors (Lipinski definition) is 1. The summed E-state index contributed by atoms with van der Waals surface area (Å²) >= 11 is 0. The minimum atomic E-state index is 0.410. The summed E-state index contributed by atoms with van der Waals surface area (Å²) in [5.41, 5.74) is 3.18. The number of rotatable bonds is 1. The van der Waals surface area contributed by atoms with Gasteiger partial charge in [0.1, 0.15) is 0 Å². The van der Waals surface area contributed by atoms with Crippen LogP contribution in [-0.2, 0) is 0 Å². The summed E-state index contributed by atoms with van der Waals surface area (Å²) in [5.74, 6) is 0. The van der Waals surface area contributed by atoms with E-state index in [1.165, 1.54) is 43.5 Å². The zero-order valence-corrected chi connectivity index (χ0v) is 10.7. The molecule has 1 N–H and O–H groups in total. The van der Waals surface area contributed by atoms with E-state index in [1.54, 1.807) is 0 Å². The van der Waals surface area contributed by atoms with Gasteiger partial charge in [-0.25, -0.2) is 0 Å². The summed E-state index contributed by atoms with van der Waals surface area (Å²) in [7, 11) is 0. The van der Waals surface area contributed by atoms with Gasteiger partial charge in [0.25, 0.3) is 0 Å². The Labute approximate surface area is 104 Å². The molecule has 2 heteroatoms. The quantitative estimate of drug-likeness (QED) is 0.798. The highest BCUT2D eigenvalue weighted by Crippen LogP contribution is 2.38. The van der Waals surface area contributed by atoms with Crippen LogP contribution >= 0.6 is 0 Å². The van der Waals surface area contributed by atoms with Gasteiger partial charge in [-0.3, -0.25) is 0 Å². The molecule has 17 heavy (non-hydrogen) atoms. The number of hydrogen-bond acceptors (Lipinski definition) is 2. The Morgan fingerprint density at radius 2 is 1.82 bits per heavy atom. The maximum Gasteiger partial charge on any atom is 0.0526 e. The second kappa shape index (κ2) is 4.34. The summed E-state index contributed by atoms with van der Waals surface area (Å²) < 4.78 is 0. The van der Waals surface area contributed by atoms with Gasteiger partial charge < -0.3 is 10.2 Å². The topological polar surface area (TPSA) is 15.3 Å². The third-order valence-corrected chi connectivity index (χ3v) is 4.42. The van der Waals surface area contributed by atoms with Crippen LogP contribution in [0, 0.1) is 6.92 Å². The number of anilines is 1. The molecule has 0 unspecified atom stereocenters. The minimum Gasteiger partial charge on any atom is -0.363 e. The second-order valence-electron chi connectivity index (χ2n) is 5.60. The first-order valence-electron chi connectivity index (χ1n) is 6.85. The van der Waals surface area contributed by atoms with Gasteiger partial charge in [-0.2, -0.15) is 0 Å². The molecule has 1 heterocycles. The number of aryl methyl sites for hydroxylation is 1. The fraction of sp³-hybridized carbons (Fsp3) is 0.600. The fourth-order valence-corrected chi connectivity index (χ4v) is 3.45. The van der Waals surface area contributed by atoms with Crippen LogP contribution in [0.1, 0.15) is 31.2 Å². The van der Waals surface area contributed by atoms with Crippen molar-refractivity contribution in [3.63, 3.8) is 0 Å². The average Bonchev–Trinajstić information content (AvgIpc) is 2.80. The van der Waals surface area contributed by atoms with Gasteiger partial charge in [0, 0.05) is 25.3 Å². The molecule has 0 amide bonds. The van der Waals surface area contributed by atoms with Crippen molar-refractivity contribution in [1.29, 1.82) is 0 Å². The van der Waals surface area contributed by atoms with Crippen LogP contribution in [0.15, 0.2) is 24.3 Å². The molecule has 1 aromatic rings. The van der Waals surface area contributed by atoms with Crippen molar-refractivity contribution in [2.24, 2.45) is 0 Å². The van der Waals surface area contributed by atoms with Gasteiger partial charge in [-0.1, -0.05) is 30.5 Å². The zero-order chi connectivity index (χ0) is 11.7. The lowest BCUT2D eigenvalue weighted by molar-refractivity contribution is 0.332. The van der Waals surface area contributed by atoms with E-state index in [2.05, 4.69) is 41.4 Å². The highest BCUT2D eigenvalue weighted by Gasteiger charge is 2.41. The summed E-state index contributed by atoms with van der Waals surface area (Å²) in [6.45, 7) is 5.60. The molecule has 3 rings (SSSR count). The van der Waals surface area contributed by atoms with Crippen LogP contribution in [0.4, 0.5) is 5.69 Å². The smallest absolute Gasteiger partial charge is 0.0526 e. The van der Waals surface area contributed by atoms with Crippen LogP contribution < -0.4 is 10.2 Å². The molecule has 1 aliphatic heterocycles.